The first-order chi connectivity index (χ1) is 14.2. The largest absolute Gasteiger partial charge is 2.00 e. The second-order valence-electron chi connectivity index (χ2n) is 6.20. The summed E-state index contributed by atoms with van der Waals surface area (Å²) in [6.07, 6.45) is 3.51. The van der Waals surface area contributed by atoms with Crippen LogP contribution in [0.1, 0.15) is 26.7 Å². The molecule has 1 atom stereocenters. The summed E-state index contributed by atoms with van der Waals surface area (Å²) in [5.41, 5.74) is 3.21. The van der Waals surface area contributed by atoms with E-state index in [-0.39, 0.29) is 18.6 Å². The van der Waals surface area contributed by atoms with Crippen molar-refractivity contribution >= 4 is 50.0 Å². The second kappa shape index (κ2) is 12.3. The normalized spacial score (nSPS) is 11.3. The number of pyridine rings is 1. The van der Waals surface area contributed by atoms with E-state index in [9.17, 15) is 4.21 Å². The summed E-state index contributed by atoms with van der Waals surface area (Å²) in [7, 11) is -0.998. The van der Waals surface area contributed by atoms with E-state index in [1.807, 2.05) is 24.3 Å². The van der Waals surface area contributed by atoms with Crippen molar-refractivity contribution in [2.45, 2.75) is 30.9 Å². The van der Waals surface area contributed by atoms with Crippen LogP contribution in [-0.2, 0) is 34.1 Å². The van der Waals surface area contributed by atoms with Gasteiger partial charge in [0.05, 0.1) is 10.6 Å². The molecular formula is C23H21NO2S3V. The van der Waals surface area contributed by atoms with Gasteiger partial charge in [0, 0.05) is 25.6 Å². The van der Waals surface area contributed by atoms with Crippen LogP contribution >= 0.6 is 22.7 Å². The van der Waals surface area contributed by atoms with E-state index < -0.39 is 10.8 Å². The van der Waals surface area contributed by atoms with Gasteiger partial charge >= 0.3 is 18.6 Å². The van der Waals surface area contributed by atoms with Crippen LogP contribution in [-0.4, -0.2) is 21.2 Å². The Bertz CT molecular complexity index is 1090. The molecule has 7 heteroatoms. The fourth-order valence-corrected chi connectivity index (χ4v) is 6.03. The van der Waals surface area contributed by atoms with Crippen LogP contribution in [0, 0.1) is 6.07 Å². The van der Waals surface area contributed by atoms with Crippen molar-refractivity contribution in [1.82, 2.24) is 4.98 Å². The topological polar surface area (TPSA) is 47.0 Å². The van der Waals surface area contributed by atoms with Crippen LogP contribution in [0.5, 0.6) is 0 Å². The number of nitrogens with zero attached hydrogens (tertiary/aromatic N) is 1. The van der Waals surface area contributed by atoms with Crippen molar-refractivity contribution in [3.63, 3.8) is 0 Å². The molecule has 0 amide bonds. The van der Waals surface area contributed by atoms with Gasteiger partial charge < -0.3 is 9.78 Å². The zero-order chi connectivity index (χ0) is 20.6. The Morgan fingerprint density at radius 3 is 2.53 bits per heavy atom. The molecule has 4 aromatic rings. The zero-order valence-electron chi connectivity index (χ0n) is 16.8. The Labute approximate surface area is 199 Å². The Hall–Kier alpha value is -1.57. The Kier molecular flexibility index (Phi) is 10.2. The minimum absolute atomic E-state index is 0. The maximum absolute atomic E-state index is 12.6. The maximum atomic E-state index is 12.6. The third-order valence-electron chi connectivity index (χ3n) is 4.15. The molecular weight excluding hydrogens is 469 g/mol. The molecule has 0 aliphatic heterocycles. The third kappa shape index (κ3) is 5.99. The van der Waals surface area contributed by atoms with Crippen LogP contribution in [0.3, 0.4) is 0 Å². The fraction of sp³-hybridized carbons (Fsp3) is 0.217. The smallest absolute Gasteiger partial charge is 0.542 e. The van der Waals surface area contributed by atoms with E-state index in [0.717, 1.165) is 49.0 Å². The first kappa shape index (κ1) is 24.7. The SMILES string of the molecule is CCCCS(=O)c1[c-]c2c(-c3ccccc3)cc(-c3cccs3)nc2s1.C[C-]=O.[V+2]. The standard InChI is InChI=1S/C21H18NOS3.C2H3O.V/c1-2-3-12-26(23)20-14-17-16(15-8-5-4-6-9-15)13-18(22-21(17)25-20)19-10-7-11-24-19;1-2-3;/h4-11,13H,2-3,12H2,1H3;1H3;/q2*-1;+2. The second-order valence-corrected chi connectivity index (χ2v) is 9.91. The molecule has 0 aliphatic carbocycles. The van der Waals surface area contributed by atoms with E-state index in [1.165, 1.54) is 24.5 Å². The van der Waals surface area contributed by atoms with Gasteiger partial charge in [-0.3, -0.25) is 10.5 Å². The molecule has 4 rings (SSSR count). The number of thiophene rings is 2. The van der Waals surface area contributed by atoms with Crippen molar-refractivity contribution in [1.29, 1.82) is 0 Å². The Morgan fingerprint density at radius 2 is 1.90 bits per heavy atom. The minimum Gasteiger partial charge on any atom is -0.542 e. The molecule has 153 valence electrons. The first-order valence-electron chi connectivity index (χ1n) is 9.31. The molecule has 0 N–H and O–H groups in total. The van der Waals surface area contributed by atoms with Crippen molar-refractivity contribution in [3.8, 4) is 21.7 Å². The van der Waals surface area contributed by atoms with Gasteiger partial charge in [-0.1, -0.05) is 61.4 Å². The molecule has 0 fully saturated rings. The third-order valence-corrected chi connectivity index (χ3v) is 7.80. The molecule has 1 aromatic carbocycles. The van der Waals surface area contributed by atoms with Crippen molar-refractivity contribution in [2.24, 2.45) is 0 Å². The zero-order valence-corrected chi connectivity index (χ0v) is 20.6. The van der Waals surface area contributed by atoms with Crippen molar-refractivity contribution in [2.75, 3.05) is 5.75 Å². The number of benzene rings is 1. The van der Waals surface area contributed by atoms with Crippen molar-refractivity contribution < 1.29 is 27.6 Å². The number of rotatable bonds is 6. The van der Waals surface area contributed by atoms with Crippen LogP contribution < -0.4 is 0 Å². The maximum Gasteiger partial charge on any atom is 2.00 e. The fourth-order valence-electron chi connectivity index (χ4n) is 2.80. The predicted octanol–water partition coefficient (Wildman–Crippen LogP) is 6.51. The number of carbonyl (C=O) groups excluding carboxylic acids is 1. The van der Waals surface area contributed by atoms with E-state index in [1.54, 1.807) is 11.3 Å². The van der Waals surface area contributed by atoms with Gasteiger partial charge in [-0.05, 0) is 17.9 Å². The van der Waals surface area contributed by atoms with E-state index >= 15 is 0 Å². The molecule has 1 unspecified atom stereocenters. The minimum atomic E-state index is -0.998. The molecule has 1 radical (unpaired) electrons. The molecule has 3 aromatic heterocycles. The molecule has 3 heterocycles. The Morgan fingerprint density at radius 1 is 1.17 bits per heavy atom. The molecule has 0 spiro atoms. The van der Waals surface area contributed by atoms with Crippen LogP contribution in [0.2, 0.25) is 0 Å². The molecule has 30 heavy (non-hydrogen) atoms. The number of aromatic nitrogens is 1. The summed E-state index contributed by atoms with van der Waals surface area (Å²) in [6, 6.07) is 20.0. The first-order valence-corrected chi connectivity index (χ1v) is 12.3. The van der Waals surface area contributed by atoms with Gasteiger partial charge in [-0.15, -0.1) is 28.4 Å². The average Bonchev–Trinajstić information content (AvgIpc) is 3.42. The Balaban J connectivity index is 0.000000757. The summed E-state index contributed by atoms with van der Waals surface area (Å²) in [5.74, 6) is 0.693. The summed E-state index contributed by atoms with van der Waals surface area (Å²) < 4.78 is 13.4. The van der Waals surface area contributed by atoms with E-state index in [0.29, 0.717) is 5.75 Å². The van der Waals surface area contributed by atoms with Gasteiger partial charge in [0.2, 0.25) is 0 Å². The van der Waals surface area contributed by atoms with Crippen molar-refractivity contribution in [3.05, 3.63) is 60.0 Å². The molecule has 0 saturated heterocycles. The van der Waals surface area contributed by atoms with Crippen LogP contribution in [0.25, 0.3) is 31.9 Å². The summed E-state index contributed by atoms with van der Waals surface area (Å²) >= 11 is 3.20. The van der Waals surface area contributed by atoms with E-state index in [4.69, 9.17) is 9.78 Å². The monoisotopic (exact) mass is 490 g/mol. The summed E-state index contributed by atoms with van der Waals surface area (Å²) in [5, 5.41) is 3.04. The number of hydrogen-bond donors (Lipinski definition) is 0. The summed E-state index contributed by atoms with van der Waals surface area (Å²) in [4.78, 5) is 15.6. The quantitative estimate of drug-likeness (QED) is 0.289. The van der Waals surface area contributed by atoms with Gasteiger partial charge in [-0.2, -0.15) is 18.3 Å². The number of hydrogen-bond acceptors (Lipinski definition) is 5. The van der Waals surface area contributed by atoms with Crippen LogP contribution in [0.15, 0.2) is 58.1 Å². The average molecular weight is 491 g/mol. The molecule has 0 bridgehead atoms. The van der Waals surface area contributed by atoms with Gasteiger partial charge in [-0.25, -0.2) is 0 Å². The van der Waals surface area contributed by atoms with E-state index in [2.05, 4.69) is 42.6 Å². The summed E-state index contributed by atoms with van der Waals surface area (Å²) in [6.45, 7) is 3.44. The molecule has 0 aliphatic rings. The molecule has 0 saturated carbocycles. The van der Waals surface area contributed by atoms with Gasteiger partial charge in [0.25, 0.3) is 0 Å². The predicted molar refractivity (Wildman–Crippen MR) is 125 cm³/mol. The molecule has 3 nitrogen and oxygen atoms in total. The van der Waals surface area contributed by atoms with Gasteiger partial charge in [0.1, 0.15) is 0 Å². The number of unbranched alkanes of at least 4 members (excludes halogenated alkanes) is 1. The number of fused-ring (bicyclic) bond motifs is 1. The van der Waals surface area contributed by atoms with Crippen LogP contribution in [0.4, 0.5) is 0 Å². The van der Waals surface area contributed by atoms with Gasteiger partial charge in [0.15, 0.2) is 0 Å².